The number of nitrogens with one attached hydrogen (secondary N) is 1. The summed E-state index contributed by atoms with van der Waals surface area (Å²) in [6, 6.07) is -0.702. The Kier molecular flexibility index (Phi) is 6.39. The van der Waals surface area contributed by atoms with Gasteiger partial charge in [0.15, 0.2) is 5.78 Å². The molecule has 1 aliphatic rings. The number of rotatable bonds is 3. The van der Waals surface area contributed by atoms with Crippen LogP contribution in [0.5, 0.6) is 0 Å². The summed E-state index contributed by atoms with van der Waals surface area (Å²) in [6.45, 7) is 14.9. The maximum atomic E-state index is 12.7. The Morgan fingerprint density at radius 2 is 1.83 bits per heavy atom. The van der Waals surface area contributed by atoms with Crippen molar-refractivity contribution in [1.29, 1.82) is 0 Å². The van der Waals surface area contributed by atoms with Gasteiger partial charge in [-0.3, -0.25) is 4.79 Å². The smallest absolute Gasteiger partial charge is 0.408 e. The Hall–Kier alpha value is -1.62. The van der Waals surface area contributed by atoms with E-state index < -0.39 is 29.3 Å². The van der Waals surface area contributed by atoms with Crippen LogP contribution < -0.4 is 5.32 Å². The lowest BCUT2D eigenvalue weighted by atomic mass is 9.82. The molecular weight excluding hydrogens is 306 g/mol. The van der Waals surface area contributed by atoms with E-state index in [0.29, 0.717) is 19.3 Å². The Bertz CT molecular complexity index is 535. The van der Waals surface area contributed by atoms with Crippen LogP contribution in [0.15, 0.2) is 23.8 Å². The van der Waals surface area contributed by atoms with Crippen LogP contribution in [-0.4, -0.2) is 34.7 Å². The van der Waals surface area contributed by atoms with Crippen molar-refractivity contribution in [3.63, 3.8) is 0 Å². The number of hydrogen-bond donors (Lipinski definition) is 2. The fourth-order valence-electron chi connectivity index (χ4n) is 2.71. The Morgan fingerprint density at radius 3 is 2.29 bits per heavy atom. The molecule has 0 radical (unpaired) electrons. The van der Waals surface area contributed by atoms with Gasteiger partial charge in [-0.15, -0.1) is 0 Å². The largest absolute Gasteiger partial charge is 0.444 e. The zero-order chi connectivity index (χ0) is 18.7. The number of hydrogen-bond acceptors (Lipinski definition) is 4. The third-order valence-corrected chi connectivity index (χ3v) is 3.66. The van der Waals surface area contributed by atoms with Gasteiger partial charge in [-0.25, -0.2) is 4.79 Å². The minimum absolute atomic E-state index is 0.190. The first-order chi connectivity index (χ1) is 10.8. The van der Waals surface area contributed by atoms with E-state index in [1.165, 1.54) is 0 Å². The number of amides is 1. The van der Waals surface area contributed by atoms with Crippen molar-refractivity contribution < 1.29 is 19.4 Å². The van der Waals surface area contributed by atoms with Crippen molar-refractivity contribution >= 4 is 11.9 Å². The van der Waals surface area contributed by atoms with Gasteiger partial charge in [0.2, 0.25) is 0 Å². The highest BCUT2D eigenvalue weighted by molar-refractivity contribution is 5.97. The molecule has 0 aromatic heterocycles. The molecule has 5 heteroatoms. The normalized spacial score (nSPS) is 22.2. The van der Waals surface area contributed by atoms with Gasteiger partial charge in [-0.05, 0) is 51.5 Å². The number of aliphatic hydroxyl groups is 1. The zero-order valence-electron chi connectivity index (χ0n) is 15.7. The first-order valence-electron chi connectivity index (χ1n) is 8.35. The van der Waals surface area contributed by atoms with Crippen LogP contribution in [0.25, 0.3) is 0 Å². The molecular formula is C19H31NO4. The minimum Gasteiger partial charge on any atom is -0.444 e. The Labute approximate surface area is 145 Å². The number of carbonyl (C=O) groups is 2. The molecule has 1 fully saturated rings. The second kappa shape index (κ2) is 7.51. The van der Waals surface area contributed by atoms with Gasteiger partial charge < -0.3 is 15.2 Å². The third-order valence-electron chi connectivity index (χ3n) is 3.66. The molecule has 1 aliphatic carbocycles. The van der Waals surface area contributed by atoms with E-state index >= 15 is 0 Å². The van der Waals surface area contributed by atoms with Crippen molar-refractivity contribution in [3.05, 3.63) is 23.8 Å². The van der Waals surface area contributed by atoms with Crippen molar-refractivity contribution in [1.82, 2.24) is 5.32 Å². The molecule has 0 aromatic rings. The Balaban J connectivity index is 2.90. The summed E-state index contributed by atoms with van der Waals surface area (Å²) in [7, 11) is 0. The molecule has 0 heterocycles. The van der Waals surface area contributed by atoms with Crippen LogP contribution in [0.4, 0.5) is 4.79 Å². The molecule has 2 atom stereocenters. The van der Waals surface area contributed by atoms with Crippen molar-refractivity contribution in [2.75, 3.05) is 0 Å². The van der Waals surface area contributed by atoms with E-state index in [-0.39, 0.29) is 5.78 Å². The average molecular weight is 337 g/mol. The molecule has 1 rings (SSSR count). The topological polar surface area (TPSA) is 75.6 Å². The highest BCUT2D eigenvalue weighted by atomic mass is 16.6. The minimum atomic E-state index is -0.702. The zero-order valence-corrected chi connectivity index (χ0v) is 15.7. The molecule has 0 spiro atoms. The van der Waals surface area contributed by atoms with E-state index in [1.807, 2.05) is 20.8 Å². The molecule has 24 heavy (non-hydrogen) atoms. The molecule has 0 bridgehead atoms. The number of aliphatic hydroxyl groups excluding tert-OH is 1. The predicted molar refractivity (Wildman–Crippen MR) is 94.7 cm³/mol. The van der Waals surface area contributed by atoms with Crippen LogP contribution in [0.3, 0.4) is 0 Å². The maximum absolute atomic E-state index is 12.7. The van der Waals surface area contributed by atoms with Gasteiger partial charge in [0.25, 0.3) is 0 Å². The number of ketones is 1. The van der Waals surface area contributed by atoms with Gasteiger partial charge in [-0.1, -0.05) is 38.5 Å². The molecule has 0 aromatic carbocycles. The number of carbonyl (C=O) groups excluding carboxylic acids is 2. The molecule has 0 saturated heterocycles. The first-order valence-corrected chi connectivity index (χ1v) is 8.35. The van der Waals surface area contributed by atoms with Crippen LogP contribution in [0.1, 0.15) is 60.8 Å². The van der Waals surface area contributed by atoms with Gasteiger partial charge in [0.05, 0.1) is 12.1 Å². The molecule has 1 saturated carbocycles. The number of alkyl carbamates (subject to hydrolysis) is 1. The quantitative estimate of drug-likeness (QED) is 0.610. The summed E-state index contributed by atoms with van der Waals surface area (Å²) >= 11 is 0. The maximum Gasteiger partial charge on any atom is 0.408 e. The SMILES string of the molecule is C=C1C/C(=C/C(=O)[C@@H](NC(=O)OC(C)(C)C)C(C)(C)C)C[C@@H](O)C1. The summed E-state index contributed by atoms with van der Waals surface area (Å²) in [5, 5.41) is 12.5. The van der Waals surface area contributed by atoms with Gasteiger partial charge in [-0.2, -0.15) is 0 Å². The van der Waals surface area contributed by atoms with E-state index in [0.717, 1.165) is 11.1 Å². The molecule has 0 aliphatic heterocycles. The summed E-state index contributed by atoms with van der Waals surface area (Å²) in [5.41, 5.74) is 0.679. The third kappa shape index (κ3) is 6.87. The van der Waals surface area contributed by atoms with E-state index in [9.17, 15) is 14.7 Å². The van der Waals surface area contributed by atoms with Crippen LogP contribution in [0.2, 0.25) is 0 Å². The lowest BCUT2D eigenvalue weighted by molar-refractivity contribution is -0.118. The first kappa shape index (κ1) is 20.4. The summed E-state index contributed by atoms with van der Waals surface area (Å²) in [4.78, 5) is 24.8. The van der Waals surface area contributed by atoms with Crippen molar-refractivity contribution in [2.45, 2.75) is 78.6 Å². The lowest BCUT2D eigenvalue weighted by Crippen LogP contribution is -2.50. The highest BCUT2D eigenvalue weighted by Crippen LogP contribution is 2.28. The monoisotopic (exact) mass is 337 g/mol. The summed E-state index contributed by atoms with van der Waals surface area (Å²) < 4.78 is 5.26. The molecule has 2 N–H and O–H groups in total. The second-order valence-corrected chi connectivity index (χ2v) is 8.64. The predicted octanol–water partition coefficient (Wildman–Crippen LogP) is 3.52. The standard InChI is InChI=1S/C19H31NO4/c1-12-8-13(10-14(21)9-12)11-15(22)16(18(2,3)4)20-17(23)24-19(5,6)7/h11,14,16,21H,1,8-10H2,2-7H3,(H,20,23)/b13-11-/t14-,16+/m0/s1. The number of ether oxygens (including phenoxy) is 1. The molecule has 1 amide bonds. The molecule has 5 nitrogen and oxygen atoms in total. The van der Waals surface area contributed by atoms with Gasteiger partial charge in [0.1, 0.15) is 5.60 Å². The van der Waals surface area contributed by atoms with Crippen molar-refractivity contribution in [3.8, 4) is 0 Å². The van der Waals surface area contributed by atoms with Crippen LogP contribution >= 0.6 is 0 Å². The van der Waals surface area contributed by atoms with Crippen molar-refractivity contribution in [2.24, 2.45) is 5.41 Å². The van der Waals surface area contributed by atoms with Gasteiger partial charge in [0, 0.05) is 0 Å². The Morgan fingerprint density at radius 1 is 1.25 bits per heavy atom. The fraction of sp³-hybridized carbons (Fsp3) is 0.684. The summed E-state index contributed by atoms with van der Waals surface area (Å²) in [6.07, 6.45) is 2.10. The highest BCUT2D eigenvalue weighted by Gasteiger charge is 2.33. The molecule has 0 unspecified atom stereocenters. The fourth-order valence-corrected chi connectivity index (χ4v) is 2.71. The second-order valence-electron chi connectivity index (χ2n) is 8.64. The van der Waals surface area contributed by atoms with E-state index in [2.05, 4.69) is 11.9 Å². The van der Waals surface area contributed by atoms with Crippen LogP contribution in [0, 0.1) is 5.41 Å². The van der Waals surface area contributed by atoms with E-state index in [1.54, 1.807) is 26.8 Å². The van der Waals surface area contributed by atoms with E-state index in [4.69, 9.17) is 4.74 Å². The summed E-state index contributed by atoms with van der Waals surface area (Å²) in [5.74, 6) is -0.190. The lowest BCUT2D eigenvalue weighted by Gasteiger charge is -2.31. The molecule has 136 valence electrons. The van der Waals surface area contributed by atoms with Crippen LogP contribution in [-0.2, 0) is 9.53 Å². The average Bonchev–Trinajstić information content (AvgIpc) is 2.30. The van der Waals surface area contributed by atoms with Gasteiger partial charge >= 0.3 is 6.09 Å².